The van der Waals surface area contributed by atoms with Crippen molar-refractivity contribution in [3.63, 3.8) is 0 Å². The van der Waals surface area contributed by atoms with Gasteiger partial charge >= 0.3 is 0 Å². The molecule has 0 saturated heterocycles. The first-order valence-electron chi connectivity index (χ1n) is 22.3. The number of nitrogens with zero attached hydrogens (tertiary/aromatic N) is 6. The Morgan fingerprint density at radius 3 is 0.953 bits per heavy atom. The molecule has 0 N–H and O–H groups in total. The van der Waals surface area contributed by atoms with Crippen molar-refractivity contribution >= 4 is 98.9 Å². The van der Waals surface area contributed by atoms with Gasteiger partial charge in [-0.3, -0.25) is 19.1 Å². The van der Waals surface area contributed by atoms with E-state index in [0.717, 1.165) is 35.9 Å². The highest BCUT2D eigenvalue weighted by Gasteiger charge is 2.27. The molecule has 6 heteroatoms. The molecule has 0 amide bonds. The van der Waals surface area contributed by atoms with Gasteiger partial charge in [0.05, 0.1) is 56.2 Å². The molecule has 64 heavy (non-hydrogen) atoms. The monoisotopic (exact) mass is 820 g/mol. The zero-order chi connectivity index (χ0) is 41.9. The maximum Gasteiger partial charge on any atom is 0.113 e. The number of hydrogen-bond donors (Lipinski definition) is 0. The van der Waals surface area contributed by atoms with Gasteiger partial charge in [0.15, 0.2) is 0 Å². The minimum atomic E-state index is -0.154. The maximum atomic E-state index is 5.61. The first kappa shape index (κ1) is 35.4. The summed E-state index contributed by atoms with van der Waals surface area (Å²) in [7, 11) is 0. The third-order valence-corrected chi connectivity index (χ3v) is 13.7. The molecule has 2 aliphatic heterocycles. The number of hydrogen-bond acceptors (Lipinski definition) is 2. The third-order valence-electron chi connectivity index (χ3n) is 13.7. The fourth-order valence-electron chi connectivity index (χ4n) is 11.1. The summed E-state index contributed by atoms with van der Waals surface area (Å²) in [4.78, 5) is 11.2. The average Bonchev–Trinajstić information content (AvgIpc) is 4.09. The van der Waals surface area contributed by atoms with Crippen molar-refractivity contribution in [2.45, 2.75) is 24.9 Å². The molecule has 6 nitrogen and oxygen atoms in total. The number of para-hydroxylation sites is 6. The van der Waals surface area contributed by atoms with Crippen molar-refractivity contribution in [1.82, 2.24) is 18.3 Å². The van der Waals surface area contributed by atoms with Gasteiger partial charge in [-0.15, -0.1) is 0 Å². The summed E-state index contributed by atoms with van der Waals surface area (Å²) in [6, 6.07) is 65.6. The Hall–Kier alpha value is -8.22. The second kappa shape index (κ2) is 13.6. The van der Waals surface area contributed by atoms with Crippen LogP contribution in [0.4, 0.5) is 0 Å². The summed E-state index contributed by atoms with van der Waals surface area (Å²) in [6.45, 7) is 0. The Morgan fingerprint density at radius 2 is 0.594 bits per heavy atom. The molecule has 0 radical (unpaired) electrons. The number of benzene rings is 8. The molecule has 2 aliphatic rings. The first-order chi connectivity index (χ1) is 31.8. The SMILES string of the molecule is C1=CC(C2C=CCC(n3c4ccccc4c4c5c6ccccc6n(-c6ccccc6)c5ccc43)=N2)N=C(n2c3ccccc3c3c4c5ccccc5n(-c5ccccc5)c4ccc32)C1. The molecule has 0 saturated carbocycles. The number of aromatic nitrogens is 4. The lowest BCUT2D eigenvalue weighted by Crippen LogP contribution is -2.29. The minimum Gasteiger partial charge on any atom is -0.309 e. The summed E-state index contributed by atoms with van der Waals surface area (Å²) >= 11 is 0. The topological polar surface area (TPSA) is 44.4 Å². The van der Waals surface area contributed by atoms with Gasteiger partial charge in [-0.1, -0.05) is 133 Å². The van der Waals surface area contributed by atoms with E-state index in [1.165, 1.54) is 87.2 Å². The average molecular weight is 821 g/mol. The molecule has 0 bridgehead atoms. The van der Waals surface area contributed by atoms with Crippen LogP contribution in [0.15, 0.2) is 216 Å². The van der Waals surface area contributed by atoms with Gasteiger partial charge in [0.25, 0.3) is 0 Å². The van der Waals surface area contributed by atoms with E-state index in [-0.39, 0.29) is 12.1 Å². The number of fused-ring (bicyclic) bond motifs is 14. The van der Waals surface area contributed by atoms with Gasteiger partial charge in [0, 0.05) is 67.3 Å². The van der Waals surface area contributed by atoms with Crippen LogP contribution in [0.5, 0.6) is 0 Å². The predicted octanol–water partition coefficient (Wildman–Crippen LogP) is 13.9. The van der Waals surface area contributed by atoms with E-state index in [2.05, 4.69) is 225 Å². The van der Waals surface area contributed by atoms with Crippen LogP contribution in [0.1, 0.15) is 12.8 Å². The van der Waals surface area contributed by atoms with Crippen LogP contribution in [0.2, 0.25) is 0 Å². The second-order valence-corrected chi connectivity index (χ2v) is 17.1. The Morgan fingerprint density at radius 1 is 0.297 bits per heavy atom. The normalized spacial score (nSPS) is 16.7. The maximum absolute atomic E-state index is 5.61. The van der Waals surface area contributed by atoms with Crippen molar-refractivity contribution in [3.8, 4) is 11.4 Å². The lowest BCUT2D eigenvalue weighted by molar-refractivity contribution is 0.685. The molecule has 6 heterocycles. The van der Waals surface area contributed by atoms with E-state index in [1.807, 2.05) is 0 Å². The van der Waals surface area contributed by atoms with Crippen LogP contribution >= 0.6 is 0 Å². The van der Waals surface area contributed by atoms with Crippen LogP contribution < -0.4 is 0 Å². The molecule has 2 atom stereocenters. The van der Waals surface area contributed by atoms with E-state index in [1.54, 1.807) is 0 Å². The molecular weight excluding hydrogens is 781 g/mol. The summed E-state index contributed by atoms with van der Waals surface area (Å²) in [5.74, 6) is 2.07. The summed E-state index contributed by atoms with van der Waals surface area (Å²) in [5.41, 5.74) is 11.8. The Bertz CT molecular complexity index is 3750. The van der Waals surface area contributed by atoms with Gasteiger partial charge in [-0.05, 0) is 72.8 Å². The number of allylic oxidation sites excluding steroid dienone is 2. The lowest BCUT2D eigenvalue weighted by Gasteiger charge is -2.24. The highest BCUT2D eigenvalue weighted by molar-refractivity contribution is 6.31. The predicted molar refractivity (Wildman–Crippen MR) is 268 cm³/mol. The molecule has 14 rings (SSSR count). The van der Waals surface area contributed by atoms with Gasteiger partial charge in [-0.25, -0.2) is 0 Å². The first-order valence-corrected chi connectivity index (χ1v) is 22.3. The van der Waals surface area contributed by atoms with E-state index in [0.29, 0.717) is 0 Å². The molecular formula is C58H40N6. The summed E-state index contributed by atoms with van der Waals surface area (Å²) in [6.07, 6.45) is 10.6. The van der Waals surface area contributed by atoms with E-state index >= 15 is 0 Å². The summed E-state index contributed by atoms with van der Waals surface area (Å²) in [5, 5.41) is 10.0. The van der Waals surface area contributed by atoms with Crippen LogP contribution in [-0.4, -0.2) is 42.0 Å². The third kappa shape index (κ3) is 4.96. The highest BCUT2D eigenvalue weighted by atomic mass is 15.1. The van der Waals surface area contributed by atoms with Crippen molar-refractivity contribution in [2.24, 2.45) is 9.98 Å². The van der Waals surface area contributed by atoms with Crippen LogP contribution in [0.25, 0.3) is 98.6 Å². The van der Waals surface area contributed by atoms with Crippen LogP contribution in [0, 0.1) is 0 Å². The fourth-order valence-corrected chi connectivity index (χ4v) is 11.1. The van der Waals surface area contributed by atoms with Gasteiger partial charge in [0.2, 0.25) is 0 Å². The molecule has 2 unspecified atom stereocenters. The lowest BCUT2D eigenvalue weighted by atomic mass is 10.0. The number of rotatable bonds is 3. The highest BCUT2D eigenvalue weighted by Crippen LogP contribution is 2.43. The second-order valence-electron chi connectivity index (χ2n) is 17.1. The molecule has 4 aromatic heterocycles. The largest absolute Gasteiger partial charge is 0.309 e. The zero-order valence-electron chi connectivity index (χ0n) is 34.9. The van der Waals surface area contributed by atoms with E-state index in [4.69, 9.17) is 9.98 Å². The summed E-state index contributed by atoms with van der Waals surface area (Å²) < 4.78 is 9.63. The fraction of sp³-hybridized carbons (Fsp3) is 0.0690. The van der Waals surface area contributed by atoms with Crippen LogP contribution in [0.3, 0.4) is 0 Å². The molecule has 0 aliphatic carbocycles. The van der Waals surface area contributed by atoms with Gasteiger partial charge < -0.3 is 9.13 Å². The number of aliphatic imine (C=N–C) groups is 2. The molecule has 8 aromatic carbocycles. The van der Waals surface area contributed by atoms with E-state index in [9.17, 15) is 0 Å². The van der Waals surface area contributed by atoms with Crippen molar-refractivity contribution in [3.05, 3.63) is 206 Å². The zero-order valence-corrected chi connectivity index (χ0v) is 34.9. The Kier molecular flexibility index (Phi) is 7.54. The van der Waals surface area contributed by atoms with Crippen molar-refractivity contribution in [1.29, 1.82) is 0 Å². The number of dihydropyridines is 2. The van der Waals surface area contributed by atoms with E-state index < -0.39 is 0 Å². The Labute approximate surface area is 368 Å². The molecule has 12 aromatic rings. The molecule has 0 spiro atoms. The quantitative estimate of drug-likeness (QED) is 0.159. The van der Waals surface area contributed by atoms with Crippen molar-refractivity contribution in [2.75, 3.05) is 0 Å². The van der Waals surface area contributed by atoms with Crippen molar-refractivity contribution < 1.29 is 0 Å². The van der Waals surface area contributed by atoms with Gasteiger partial charge in [0.1, 0.15) is 11.7 Å². The standard InChI is InChI=1S/C58H40N6/c1-3-17-37(18-4-1)61-45-27-11-7-21-39(45)55-49(61)33-35-51-57(55)41-23-9-13-29-47(41)63(51)53-31-15-25-43(59-53)44-26-16-32-54(60-44)64-48-30-14-10-24-42(48)58-52(64)36-34-50-56(58)40-22-8-12-28-46(40)62(50)38-19-5-2-6-20-38/h1-30,33-36,43-44H,31-32H2. The molecule has 0 fully saturated rings. The Balaban J connectivity index is 0.925. The molecule has 302 valence electrons. The minimum absolute atomic E-state index is 0.154. The van der Waals surface area contributed by atoms with Crippen LogP contribution in [-0.2, 0) is 0 Å². The smallest absolute Gasteiger partial charge is 0.113 e. The van der Waals surface area contributed by atoms with Gasteiger partial charge in [-0.2, -0.15) is 0 Å².